The number of ether oxygens (including phenoxy) is 1. The number of rotatable bonds is 2. The fourth-order valence-corrected chi connectivity index (χ4v) is 2.99. The normalized spacial score (nSPS) is 14.6. The van der Waals surface area contributed by atoms with Gasteiger partial charge in [-0.1, -0.05) is 6.07 Å². The number of amides is 2. The first kappa shape index (κ1) is 16.5. The van der Waals surface area contributed by atoms with Crippen molar-refractivity contribution in [3.05, 3.63) is 36.3 Å². The number of hydrogen-bond acceptors (Lipinski definition) is 5. The van der Waals surface area contributed by atoms with Crippen LogP contribution >= 0.6 is 0 Å². The van der Waals surface area contributed by atoms with Crippen molar-refractivity contribution in [2.24, 2.45) is 7.05 Å². The largest absolute Gasteiger partial charge is 0.378 e. The summed E-state index contributed by atoms with van der Waals surface area (Å²) in [4.78, 5) is 18.4. The van der Waals surface area contributed by atoms with Gasteiger partial charge in [-0.2, -0.15) is 0 Å². The number of aromatic nitrogens is 4. The van der Waals surface area contributed by atoms with Crippen LogP contribution in [0.4, 0.5) is 10.6 Å². The number of carbonyl (C=O) groups is 1. The van der Waals surface area contributed by atoms with E-state index in [4.69, 9.17) is 4.74 Å². The molecule has 2 amide bonds. The summed E-state index contributed by atoms with van der Waals surface area (Å²) in [5, 5.41) is 12.0. The van der Waals surface area contributed by atoms with Crippen LogP contribution in [0.1, 0.15) is 5.82 Å². The molecule has 8 nitrogen and oxygen atoms in total. The van der Waals surface area contributed by atoms with Crippen LogP contribution in [-0.2, 0) is 11.8 Å². The topological polar surface area (TPSA) is 85.2 Å². The molecule has 1 aromatic carbocycles. The predicted octanol–water partition coefficient (Wildman–Crippen LogP) is 2.20. The molecule has 1 saturated heterocycles. The Morgan fingerprint density at radius 3 is 2.73 bits per heavy atom. The molecule has 0 unspecified atom stereocenters. The van der Waals surface area contributed by atoms with Gasteiger partial charge in [0.2, 0.25) is 0 Å². The molecule has 8 heteroatoms. The highest BCUT2D eigenvalue weighted by molar-refractivity contribution is 5.91. The van der Waals surface area contributed by atoms with E-state index in [-0.39, 0.29) is 6.03 Å². The van der Waals surface area contributed by atoms with Gasteiger partial charge in [0.25, 0.3) is 0 Å². The molecule has 1 aliphatic heterocycles. The van der Waals surface area contributed by atoms with Crippen LogP contribution in [0.15, 0.2) is 30.5 Å². The van der Waals surface area contributed by atoms with Gasteiger partial charge in [-0.25, -0.2) is 9.78 Å². The number of aryl methyl sites for hydroxylation is 1. The van der Waals surface area contributed by atoms with E-state index in [0.29, 0.717) is 32.1 Å². The third-order valence-corrected chi connectivity index (χ3v) is 4.63. The number of anilines is 1. The summed E-state index contributed by atoms with van der Waals surface area (Å²) in [6.45, 7) is 4.25. The van der Waals surface area contributed by atoms with E-state index in [1.165, 1.54) is 0 Å². The highest BCUT2D eigenvalue weighted by Gasteiger charge is 2.17. The molecule has 26 heavy (non-hydrogen) atoms. The molecule has 0 spiro atoms. The van der Waals surface area contributed by atoms with E-state index in [2.05, 4.69) is 20.5 Å². The van der Waals surface area contributed by atoms with Gasteiger partial charge in [-0.05, 0) is 25.1 Å². The van der Waals surface area contributed by atoms with Crippen molar-refractivity contribution in [2.75, 3.05) is 31.6 Å². The van der Waals surface area contributed by atoms with Gasteiger partial charge in [0.15, 0.2) is 5.82 Å². The molecule has 0 saturated carbocycles. The highest BCUT2D eigenvalue weighted by atomic mass is 16.5. The molecule has 2 aromatic heterocycles. The molecule has 0 atom stereocenters. The Kier molecular flexibility index (Phi) is 4.26. The molecule has 1 N–H and O–H groups in total. The van der Waals surface area contributed by atoms with Crippen LogP contribution in [0.3, 0.4) is 0 Å². The minimum absolute atomic E-state index is 0.180. The van der Waals surface area contributed by atoms with Crippen molar-refractivity contribution in [1.82, 2.24) is 24.6 Å². The number of hydrogen-bond donors (Lipinski definition) is 1. The number of morpholine rings is 1. The van der Waals surface area contributed by atoms with Gasteiger partial charge in [0.05, 0.1) is 30.6 Å². The fraction of sp³-hybridized carbons (Fsp3) is 0.333. The maximum Gasteiger partial charge on any atom is 0.323 e. The van der Waals surface area contributed by atoms with Crippen LogP contribution < -0.4 is 5.32 Å². The quantitative estimate of drug-likeness (QED) is 0.764. The maximum absolute atomic E-state index is 12.3. The lowest BCUT2D eigenvalue weighted by molar-refractivity contribution is 0.0564. The van der Waals surface area contributed by atoms with E-state index in [9.17, 15) is 4.79 Å². The van der Waals surface area contributed by atoms with Crippen LogP contribution in [0.25, 0.3) is 22.2 Å². The zero-order chi connectivity index (χ0) is 18.1. The van der Waals surface area contributed by atoms with Crippen molar-refractivity contribution < 1.29 is 9.53 Å². The number of nitrogens with one attached hydrogen (secondary N) is 1. The lowest BCUT2D eigenvalue weighted by Crippen LogP contribution is -2.43. The Morgan fingerprint density at radius 1 is 1.19 bits per heavy atom. The number of urea groups is 1. The van der Waals surface area contributed by atoms with Crippen molar-refractivity contribution >= 4 is 22.8 Å². The van der Waals surface area contributed by atoms with E-state index in [1.807, 2.05) is 49.0 Å². The zero-order valence-corrected chi connectivity index (χ0v) is 14.8. The Bertz CT molecular complexity index is 961. The van der Waals surface area contributed by atoms with Crippen molar-refractivity contribution in [1.29, 1.82) is 0 Å². The third-order valence-electron chi connectivity index (χ3n) is 4.63. The lowest BCUT2D eigenvalue weighted by atomic mass is 10.1. The van der Waals surface area contributed by atoms with Crippen LogP contribution in [0.5, 0.6) is 0 Å². The van der Waals surface area contributed by atoms with Crippen molar-refractivity contribution in [3.63, 3.8) is 0 Å². The monoisotopic (exact) mass is 352 g/mol. The third kappa shape index (κ3) is 3.11. The summed E-state index contributed by atoms with van der Waals surface area (Å²) in [7, 11) is 1.99. The average Bonchev–Trinajstić information content (AvgIpc) is 3.00. The Morgan fingerprint density at radius 2 is 2.00 bits per heavy atom. The number of benzene rings is 1. The van der Waals surface area contributed by atoms with Crippen LogP contribution in [0.2, 0.25) is 0 Å². The van der Waals surface area contributed by atoms with Crippen LogP contribution in [-0.4, -0.2) is 57.0 Å². The molecule has 0 bridgehead atoms. The summed E-state index contributed by atoms with van der Waals surface area (Å²) < 4.78 is 7.31. The summed E-state index contributed by atoms with van der Waals surface area (Å²) in [6, 6.07) is 7.62. The summed E-state index contributed by atoms with van der Waals surface area (Å²) in [5.41, 5.74) is 2.84. The van der Waals surface area contributed by atoms with Gasteiger partial charge in [0, 0.05) is 31.1 Å². The number of fused-ring (bicyclic) bond motifs is 1. The maximum atomic E-state index is 12.3. The second-order valence-electron chi connectivity index (χ2n) is 6.28. The first-order valence-electron chi connectivity index (χ1n) is 8.52. The molecular weight excluding hydrogens is 332 g/mol. The molecule has 4 rings (SSSR count). The minimum Gasteiger partial charge on any atom is -0.378 e. The summed E-state index contributed by atoms with van der Waals surface area (Å²) in [5.74, 6) is 1.39. The second kappa shape index (κ2) is 6.72. The molecule has 1 aliphatic rings. The van der Waals surface area contributed by atoms with Gasteiger partial charge in [-0.3, -0.25) is 5.32 Å². The Hall–Kier alpha value is -3.00. The molecular formula is C18H20N6O2. The van der Waals surface area contributed by atoms with E-state index in [0.717, 1.165) is 28.0 Å². The van der Waals surface area contributed by atoms with Crippen LogP contribution in [0, 0.1) is 6.92 Å². The second-order valence-corrected chi connectivity index (χ2v) is 6.28. The molecule has 3 heterocycles. The standard InChI is InChI=1S/C18H20N6O2/c1-12-19-11-16(23(12)2)13-3-4-15-14(9-13)10-17(22-21-15)20-18(25)24-5-7-26-8-6-24/h3-4,9-11H,5-8H2,1-2H3,(H,20,22,25). The van der Waals surface area contributed by atoms with E-state index in [1.54, 1.807) is 4.90 Å². The number of carbonyl (C=O) groups excluding carboxylic acids is 1. The summed E-state index contributed by atoms with van der Waals surface area (Å²) >= 11 is 0. The smallest absolute Gasteiger partial charge is 0.323 e. The Labute approximate surface area is 150 Å². The van der Waals surface area contributed by atoms with Gasteiger partial charge >= 0.3 is 6.03 Å². The average molecular weight is 352 g/mol. The SMILES string of the molecule is Cc1ncc(-c2ccc3nnc(NC(=O)N4CCOCC4)cc3c2)n1C. The predicted molar refractivity (Wildman–Crippen MR) is 97.9 cm³/mol. The first-order chi connectivity index (χ1) is 12.6. The minimum atomic E-state index is -0.180. The highest BCUT2D eigenvalue weighted by Crippen LogP contribution is 2.24. The molecule has 0 radical (unpaired) electrons. The molecule has 1 fully saturated rings. The molecule has 3 aromatic rings. The number of imidazole rings is 1. The van der Waals surface area contributed by atoms with E-state index >= 15 is 0 Å². The van der Waals surface area contributed by atoms with Gasteiger partial charge < -0.3 is 14.2 Å². The van der Waals surface area contributed by atoms with Crippen molar-refractivity contribution in [3.8, 4) is 11.3 Å². The van der Waals surface area contributed by atoms with Crippen molar-refractivity contribution in [2.45, 2.75) is 6.92 Å². The number of nitrogens with zero attached hydrogens (tertiary/aromatic N) is 5. The van der Waals surface area contributed by atoms with Gasteiger partial charge in [0.1, 0.15) is 5.82 Å². The first-order valence-corrected chi connectivity index (χ1v) is 8.52. The fourth-order valence-electron chi connectivity index (χ4n) is 2.99. The lowest BCUT2D eigenvalue weighted by Gasteiger charge is -2.26. The Balaban J connectivity index is 1.61. The molecule has 134 valence electrons. The van der Waals surface area contributed by atoms with Gasteiger partial charge in [-0.15, -0.1) is 10.2 Å². The van der Waals surface area contributed by atoms with E-state index < -0.39 is 0 Å². The zero-order valence-electron chi connectivity index (χ0n) is 14.8. The molecule has 0 aliphatic carbocycles. The summed E-state index contributed by atoms with van der Waals surface area (Å²) in [6.07, 6.45) is 1.85.